The van der Waals surface area contributed by atoms with Gasteiger partial charge < -0.3 is 15.7 Å². The molecule has 0 radical (unpaired) electrons. The fraction of sp³-hybridized carbons (Fsp3) is 0.240. The van der Waals surface area contributed by atoms with Crippen molar-refractivity contribution in [2.75, 3.05) is 47.9 Å². The Kier molecular flexibility index (Phi) is 7.64. The van der Waals surface area contributed by atoms with Crippen molar-refractivity contribution in [1.29, 1.82) is 5.26 Å². The third-order valence-electron chi connectivity index (χ3n) is 5.63. The van der Waals surface area contributed by atoms with Crippen molar-refractivity contribution in [2.45, 2.75) is 6.92 Å². The Morgan fingerprint density at radius 2 is 1.83 bits per heavy atom. The first kappa shape index (κ1) is 25.3. The molecule has 1 aliphatic rings. The maximum absolute atomic E-state index is 15.5. The van der Waals surface area contributed by atoms with Crippen molar-refractivity contribution in [3.63, 3.8) is 0 Å². The molecule has 0 unspecified atom stereocenters. The second-order valence-electron chi connectivity index (χ2n) is 7.89. The molecule has 0 fully saturated rings. The summed E-state index contributed by atoms with van der Waals surface area (Å²) in [5.74, 6) is -1.90. The Balaban J connectivity index is 1.83. The highest BCUT2D eigenvalue weighted by atomic mass is 35.5. The molecule has 3 N–H and O–H groups in total. The highest BCUT2D eigenvalue weighted by Crippen LogP contribution is 2.45. The molecule has 8 nitrogen and oxygen atoms in total. The molecule has 0 atom stereocenters. The monoisotopic (exact) mass is 512 g/mol. The van der Waals surface area contributed by atoms with E-state index >= 15 is 8.78 Å². The molecule has 186 valence electrons. The van der Waals surface area contributed by atoms with Gasteiger partial charge in [0.15, 0.2) is 11.6 Å². The lowest BCUT2D eigenvalue weighted by atomic mass is 10.1. The molecular weight excluding hydrogens is 490 g/mol. The van der Waals surface area contributed by atoms with Crippen LogP contribution in [0.25, 0.3) is 11.3 Å². The molecule has 2 aromatic carbocycles. The van der Waals surface area contributed by atoms with Gasteiger partial charge in [0.1, 0.15) is 17.5 Å². The van der Waals surface area contributed by atoms with E-state index in [1.54, 1.807) is 25.1 Å². The van der Waals surface area contributed by atoms with Crippen molar-refractivity contribution in [3.8, 4) is 17.3 Å². The molecule has 0 saturated heterocycles. The molecule has 0 spiro atoms. The molecule has 11 heteroatoms. The molecular formula is C25H23ClF2N6O2. The fourth-order valence-corrected chi connectivity index (χ4v) is 4.22. The van der Waals surface area contributed by atoms with Gasteiger partial charge in [-0.25, -0.2) is 18.6 Å². The Bertz CT molecular complexity index is 1320. The number of urea groups is 1. The molecule has 4 rings (SSSR count). The number of aromatic nitrogens is 1. The SMILES string of the molecule is CCN1C(=O)N(c2c(F)cc(NCCNCCO)cc2F)c2cc(Cl)ccc2-c2nc(C#N)ccc21. The molecule has 0 aliphatic carbocycles. The number of rotatable bonds is 8. The number of hydrogen-bond acceptors (Lipinski definition) is 6. The number of fused-ring (bicyclic) bond motifs is 3. The van der Waals surface area contributed by atoms with Gasteiger partial charge in [-0.15, -0.1) is 0 Å². The Morgan fingerprint density at radius 3 is 2.50 bits per heavy atom. The average molecular weight is 513 g/mol. The van der Waals surface area contributed by atoms with Crippen molar-refractivity contribution in [1.82, 2.24) is 10.3 Å². The number of aliphatic hydroxyl groups is 1. The van der Waals surface area contributed by atoms with Crippen molar-refractivity contribution < 1.29 is 18.7 Å². The minimum atomic E-state index is -0.951. The van der Waals surface area contributed by atoms with Crippen LogP contribution in [0.4, 0.5) is 36.3 Å². The van der Waals surface area contributed by atoms with E-state index in [0.717, 1.165) is 17.0 Å². The first-order valence-corrected chi connectivity index (χ1v) is 11.6. The van der Waals surface area contributed by atoms with Crippen LogP contribution in [0, 0.1) is 23.0 Å². The molecule has 3 aromatic rings. The van der Waals surface area contributed by atoms with E-state index in [-0.39, 0.29) is 35.2 Å². The summed E-state index contributed by atoms with van der Waals surface area (Å²) in [6, 6.07) is 11.2. The summed E-state index contributed by atoms with van der Waals surface area (Å²) in [6.07, 6.45) is 0. The van der Waals surface area contributed by atoms with E-state index < -0.39 is 23.4 Å². The molecule has 1 aromatic heterocycles. The summed E-state index contributed by atoms with van der Waals surface area (Å²) in [6.45, 7) is 3.14. The molecule has 36 heavy (non-hydrogen) atoms. The van der Waals surface area contributed by atoms with Gasteiger partial charge >= 0.3 is 6.03 Å². The summed E-state index contributed by atoms with van der Waals surface area (Å²) >= 11 is 6.24. The number of benzene rings is 2. The normalized spacial score (nSPS) is 12.6. The molecule has 0 bridgehead atoms. The first-order chi connectivity index (χ1) is 17.4. The summed E-state index contributed by atoms with van der Waals surface area (Å²) in [4.78, 5) is 20.5. The van der Waals surface area contributed by atoms with Crippen LogP contribution in [-0.2, 0) is 0 Å². The zero-order valence-electron chi connectivity index (χ0n) is 19.4. The number of pyridine rings is 1. The second kappa shape index (κ2) is 10.9. The van der Waals surface area contributed by atoms with E-state index in [0.29, 0.717) is 36.6 Å². The molecule has 2 amide bonds. The smallest absolute Gasteiger partial charge is 0.333 e. The van der Waals surface area contributed by atoms with Crippen LogP contribution in [0.3, 0.4) is 0 Å². The van der Waals surface area contributed by atoms with E-state index in [9.17, 15) is 10.1 Å². The lowest BCUT2D eigenvalue weighted by Crippen LogP contribution is -2.41. The van der Waals surface area contributed by atoms with Crippen molar-refractivity contribution in [3.05, 3.63) is 64.8 Å². The quantitative estimate of drug-likeness (QED) is 0.380. The van der Waals surface area contributed by atoms with Gasteiger partial charge in [0.2, 0.25) is 0 Å². The zero-order chi connectivity index (χ0) is 25.8. The topological polar surface area (TPSA) is 105 Å². The molecule has 2 heterocycles. The van der Waals surface area contributed by atoms with Crippen molar-refractivity contribution >= 4 is 40.4 Å². The predicted octanol–water partition coefficient (Wildman–Crippen LogP) is 4.64. The zero-order valence-corrected chi connectivity index (χ0v) is 20.1. The van der Waals surface area contributed by atoms with E-state index in [1.807, 2.05) is 6.07 Å². The number of halogens is 3. The van der Waals surface area contributed by atoms with Crippen LogP contribution in [0.15, 0.2) is 42.5 Å². The van der Waals surface area contributed by atoms with Gasteiger partial charge in [-0.3, -0.25) is 9.80 Å². The summed E-state index contributed by atoms with van der Waals surface area (Å²) in [5.41, 5.74) is 1.04. The fourth-order valence-electron chi connectivity index (χ4n) is 4.05. The third-order valence-corrected chi connectivity index (χ3v) is 5.87. The van der Waals surface area contributed by atoms with Gasteiger partial charge in [0, 0.05) is 42.5 Å². The first-order valence-electron chi connectivity index (χ1n) is 11.3. The molecule has 0 saturated carbocycles. The van der Waals surface area contributed by atoms with Crippen LogP contribution in [0.1, 0.15) is 12.6 Å². The van der Waals surface area contributed by atoms with Gasteiger partial charge in [0.05, 0.1) is 23.7 Å². The van der Waals surface area contributed by atoms with Crippen LogP contribution < -0.4 is 20.4 Å². The van der Waals surface area contributed by atoms with Crippen LogP contribution in [0.2, 0.25) is 5.02 Å². The number of aliphatic hydroxyl groups excluding tert-OH is 1. The van der Waals surface area contributed by atoms with Gasteiger partial charge in [-0.2, -0.15) is 5.26 Å². The van der Waals surface area contributed by atoms with Crippen LogP contribution in [-0.4, -0.2) is 48.9 Å². The number of nitriles is 1. The second-order valence-corrected chi connectivity index (χ2v) is 8.33. The minimum Gasteiger partial charge on any atom is -0.395 e. The number of nitrogens with one attached hydrogen (secondary N) is 2. The summed E-state index contributed by atoms with van der Waals surface area (Å²) in [5, 5.41) is 24.3. The predicted molar refractivity (Wildman–Crippen MR) is 135 cm³/mol. The lowest BCUT2D eigenvalue weighted by molar-refractivity contribution is 0.253. The summed E-state index contributed by atoms with van der Waals surface area (Å²) in [7, 11) is 0. The highest BCUT2D eigenvalue weighted by Gasteiger charge is 2.36. The average Bonchev–Trinajstić information content (AvgIpc) is 2.95. The Labute approximate surface area is 211 Å². The Morgan fingerprint density at radius 1 is 1.08 bits per heavy atom. The highest BCUT2D eigenvalue weighted by molar-refractivity contribution is 6.31. The number of carbonyl (C=O) groups excluding carboxylic acids is 1. The number of hydrogen-bond donors (Lipinski definition) is 3. The maximum Gasteiger partial charge on any atom is 0.333 e. The minimum absolute atomic E-state index is 0.0146. The third kappa shape index (κ3) is 4.81. The molecule has 1 aliphatic heterocycles. The maximum atomic E-state index is 15.5. The van der Waals surface area contributed by atoms with Gasteiger partial charge in [-0.05, 0) is 49.4 Å². The standard InChI is InChI=1S/C25H23ClF2N6O2/c1-2-33-21-6-4-16(14-29)32-23(21)18-5-3-15(26)11-22(18)34(25(33)36)24-19(27)12-17(13-20(24)28)31-8-7-30-9-10-35/h3-6,11-13,30-31,35H,2,7-10H2,1H3. The number of amides is 2. The van der Waals surface area contributed by atoms with Crippen LogP contribution >= 0.6 is 11.6 Å². The largest absolute Gasteiger partial charge is 0.395 e. The Hall–Kier alpha value is -3.78. The number of nitrogens with zero attached hydrogens (tertiary/aromatic N) is 4. The number of anilines is 4. The van der Waals surface area contributed by atoms with Gasteiger partial charge in [-0.1, -0.05) is 11.6 Å². The number of carbonyl (C=O) groups is 1. The lowest BCUT2D eigenvalue weighted by Gasteiger charge is -2.29. The van der Waals surface area contributed by atoms with E-state index in [2.05, 4.69) is 15.6 Å². The van der Waals surface area contributed by atoms with Crippen molar-refractivity contribution in [2.24, 2.45) is 0 Å². The van der Waals surface area contributed by atoms with Crippen LogP contribution in [0.5, 0.6) is 0 Å². The summed E-state index contributed by atoms with van der Waals surface area (Å²) < 4.78 is 30.9. The van der Waals surface area contributed by atoms with E-state index in [1.165, 1.54) is 17.0 Å². The van der Waals surface area contributed by atoms with E-state index in [4.69, 9.17) is 16.7 Å². The van der Waals surface area contributed by atoms with Gasteiger partial charge in [0.25, 0.3) is 0 Å².